The Morgan fingerprint density at radius 2 is 1.94 bits per heavy atom. The van der Waals surface area contributed by atoms with E-state index in [0.29, 0.717) is 17.1 Å². The lowest BCUT2D eigenvalue weighted by atomic mass is 10.0. The minimum Gasteiger partial charge on any atom is -0.497 e. The number of nitrogens with zero attached hydrogens (tertiary/aromatic N) is 1. The molecule has 190 valence electrons. The first-order chi connectivity index (χ1) is 17.3. The van der Waals surface area contributed by atoms with Crippen LogP contribution in [0.2, 0.25) is 0 Å². The number of thiophene rings is 1. The average molecular weight is 531 g/mol. The second kappa shape index (κ2) is 11.2. The van der Waals surface area contributed by atoms with Crippen molar-refractivity contribution in [1.82, 2.24) is 10.2 Å². The third-order valence-corrected chi connectivity index (χ3v) is 7.96. The number of benzene rings is 1. The number of esters is 2. The summed E-state index contributed by atoms with van der Waals surface area (Å²) in [4.78, 5) is 52.6. The molecule has 9 nitrogen and oxygen atoms in total. The molecule has 0 aliphatic carbocycles. The molecule has 1 fully saturated rings. The van der Waals surface area contributed by atoms with Gasteiger partial charge >= 0.3 is 11.9 Å². The smallest absolute Gasteiger partial charge is 0.355 e. The van der Waals surface area contributed by atoms with Crippen molar-refractivity contribution in [3.63, 3.8) is 0 Å². The van der Waals surface area contributed by atoms with E-state index in [9.17, 15) is 19.2 Å². The maximum absolute atomic E-state index is 13.2. The molecular weight excluding hydrogens is 504 g/mol. The highest BCUT2D eigenvalue weighted by molar-refractivity contribution is 8.00. The second-order valence-electron chi connectivity index (χ2n) is 8.26. The number of methoxy groups -OCH3 is 1. The summed E-state index contributed by atoms with van der Waals surface area (Å²) in [6.07, 6.45) is -0.542. The molecule has 0 saturated carbocycles. The Hall–Kier alpha value is -3.31. The van der Waals surface area contributed by atoms with Gasteiger partial charge in [-0.1, -0.05) is 18.2 Å². The van der Waals surface area contributed by atoms with Gasteiger partial charge in [-0.05, 0) is 36.1 Å². The zero-order valence-electron chi connectivity index (χ0n) is 20.0. The lowest BCUT2D eigenvalue weighted by Gasteiger charge is -2.50. The number of carbonyl (C=O) groups is 4. The number of β-lactam (4-membered cyclic amide) rings is 1. The molecule has 1 aromatic heterocycles. The zero-order valence-corrected chi connectivity index (χ0v) is 21.6. The van der Waals surface area contributed by atoms with Gasteiger partial charge in [0, 0.05) is 23.1 Å². The van der Waals surface area contributed by atoms with Gasteiger partial charge in [0.1, 0.15) is 35.6 Å². The molecule has 1 unspecified atom stereocenters. The molecule has 36 heavy (non-hydrogen) atoms. The van der Waals surface area contributed by atoms with E-state index in [1.165, 1.54) is 34.9 Å². The van der Waals surface area contributed by atoms with Crippen molar-refractivity contribution in [2.75, 3.05) is 12.9 Å². The molecule has 2 aromatic rings. The normalized spacial score (nSPS) is 19.6. The fourth-order valence-corrected chi connectivity index (χ4v) is 6.16. The van der Waals surface area contributed by atoms with Crippen LogP contribution in [0.25, 0.3) is 0 Å². The summed E-state index contributed by atoms with van der Waals surface area (Å²) in [6.45, 7) is 2.92. The van der Waals surface area contributed by atoms with Crippen molar-refractivity contribution in [2.45, 2.75) is 44.4 Å². The molecule has 2 amide bonds. The Morgan fingerprint density at radius 1 is 1.19 bits per heavy atom. The van der Waals surface area contributed by atoms with E-state index >= 15 is 0 Å². The summed E-state index contributed by atoms with van der Waals surface area (Å²) >= 11 is 2.87. The zero-order chi connectivity index (χ0) is 25.8. The van der Waals surface area contributed by atoms with Gasteiger partial charge in [-0.3, -0.25) is 19.3 Å². The summed E-state index contributed by atoms with van der Waals surface area (Å²) in [6, 6.07) is 10.0. The van der Waals surface area contributed by atoms with E-state index in [1.807, 2.05) is 17.5 Å². The Balaban J connectivity index is 1.50. The van der Waals surface area contributed by atoms with Crippen LogP contribution in [0.1, 0.15) is 24.3 Å². The molecule has 2 aliphatic rings. The Labute approximate surface area is 216 Å². The molecule has 1 saturated heterocycles. The molecule has 0 radical (unpaired) electrons. The van der Waals surface area contributed by atoms with E-state index in [2.05, 4.69) is 5.32 Å². The third kappa shape index (κ3) is 5.57. The molecule has 3 heterocycles. The number of thioether (sulfide) groups is 1. The summed E-state index contributed by atoms with van der Waals surface area (Å²) in [5.74, 6) is -0.842. The first-order valence-corrected chi connectivity index (χ1v) is 13.2. The Kier molecular flexibility index (Phi) is 8.00. The van der Waals surface area contributed by atoms with Crippen LogP contribution in [0.15, 0.2) is 53.0 Å². The van der Waals surface area contributed by atoms with Crippen molar-refractivity contribution in [2.24, 2.45) is 0 Å². The molecular formula is C25H26N2O7S2. The quantitative estimate of drug-likeness (QED) is 0.389. The monoisotopic (exact) mass is 530 g/mol. The maximum Gasteiger partial charge on any atom is 0.355 e. The molecule has 11 heteroatoms. The molecule has 1 N–H and O–H groups in total. The van der Waals surface area contributed by atoms with Crippen LogP contribution in [-0.2, 0) is 41.7 Å². The van der Waals surface area contributed by atoms with Crippen LogP contribution in [0, 0.1) is 0 Å². The molecule has 1 aromatic carbocycles. The van der Waals surface area contributed by atoms with Crippen molar-refractivity contribution in [3.05, 3.63) is 63.5 Å². The molecule has 4 rings (SSSR count). The van der Waals surface area contributed by atoms with Crippen LogP contribution >= 0.6 is 23.1 Å². The number of hydrogen-bond acceptors (Lipinski definition) is 9. The largest absolute Gasteiger partial charge is 0.497 e. The van der Waals surface area contributed by atoms with Crippen LogP contribution < -0.4 is 10.1 Å². The minimum absolute atomic E-state index is 0.0115. The number of hydrogen-bond donors (Lipinski definition) is 1. The number of amides is 2. The first kappa shape index (κ1) is 25.8. The van der Waals surface area contributed by atoms with Crippen LogP contribution in [0.4, 0.5) is 0 Å². The second-order valence-corrected chi connectivity index (χ2v) is 10.4. The topological polar surface area (TPSA) is 111 Å². The van der Waals surface area contributed by atoms with Crippen molar-refractivity contribution in [1.29, 1.82) is 0 Å². The van der Waals surface area contributed by atoms with Crippen LogP contribution in [0.5, 0.6) is 5.75 Å². The van der Waals surface area contributed by atoms with E-state index in [1.54, 1.807) is 38.3 Å². The number of rotatable bonds is 9. The highest BCUT2D eigenvalue weighted by atomic mass is 32.2. The summed E-state index contributed by atoms with van der Waals surface area (Å²) in [5.41, 5.74) is 1.30. The third-order valence-electron chi connectivity index (χ3n) is 5.78. The summed E-state index contributed by atoms with van der Waals surface area (Å²) < 4.78 is 16.0. The van der Waals surface area contributed by atoms with Gasteiger partial charge in [-0.2, -0.15) is 0 Å². The lowest BCUT2D eigenvalue weighted by Crippen LogP contribution is -2.71. The van der Waals surface area contributed by atoms with Crippen LogP contribution in [-0.4, -0.2) is 59.0 Å². The van der Waals surface area contributed by atoms with Gasteiger partial charge in [-0.15, -0.1) is 23.1 Å². The summed E-state index contributed by atoms with van der Waals surface area (Å²) in [7, 11) is 1.56. The van der Waals surface area contributed by atoms with Gasteiger partial charge < -0.3 is 19.5 Å². The maximum atomic E-state index is 13.2. The predicted molar refractivity (Wildman–Crippen MR) is 134 cm³/mol. The molecule has 0 spiro atoms. The van der Waals surface area contributed by atoms with Gasteiger partial charge in [-0.25, -0.2) is 4.79 Å². The van der Waals surface area contributed by atoms with Crippen LogP contribution in [0.3, 0.4) is 0 Å². The van der Waals surface area contributed by atoms with E-state index in [4.69, 9.17) is 14.2 Å². The van der Waals surface area contributed by atoms with E-state index in [-0.39, 0.29) is 24.6 Å². The number of fused-ring (bicyclic) bond motifs is 1. The first-order valence-electron chi connectivity index (χ1n) is 11.2. The Morgan fingerprint density at radius 3 is 2.58 bits per heavy atom. The average Bonchev–Trinajstić information content (AvgIpc) is 3.37. The van der Waals surface area contributed by atoms with Crippen molar-refractivity contribution in [3.8, 4) is 5.75 Å². The number of ether oxygens (including phenoxy) is 3. The van der Waals surface area contributed by atoms with Gasteiger partial charge in [0.25, 0.3) is 5.91 Å². The fourth-order valence-electron chi connectivity index (χ4n) is 4.00. The SMILES string of the molecule is COc1ccc(COC(=O)C2=C(C(C)OC(C)=O)CS[C@H]3[C@H](NC(=O)Cc4cccs4)C(=O)N23)cc1. The lowest BCUT2D eigenvalue weighted by molar-refractivity contribution is -0.154. The standard InChI is InChI=1S/C25H26N2O7S2/c1-14(34-15(2)28)19-13-36-24-21(26-20(29)11-18-5-4-10-35-18)23(30)27(24)22(19)25(31)33-12-16-6-8-17(32-3)9-7-16/h4-10,14,21,24H,11-13H2,1-3H3,(H,26,29)/t14?,21-,24+/m1/s1. The molecule has 3 atom stereocenters. The van der Waals surface area contributed by atoms with Gasteiger partial charge in [0.05, 0.1) is 13.5 Å². The van der Waals surface area contributed by atoms with E-state index in [0.717, 1.165) is 10.4 Å². The predicted octanol–water partition coefficient (Wildman–Crippen LogP) is 2.65. The number of nitrogens with one attached hydrogen (secondary N) is 1. The number of carbonyl (C=O) groups excluding carboxylic acids is 4. The molecule has 2 aliphatic heterocycles. The highest BCUT2D eigenvalue weighted by Crippen LogP contribution is 2.42. The minimum atomic E-state index is -0.752. The highest BCUT2D eigenvalue weighted by Gasteiger charge is 2.55. The Bertz CT molecular complexity index is 1180. The fraction of sp³-hybridized carbons (Fsp3) is 0.360. The van der Waals surface area contributed by atoms with E-state index < -0.39 is 35.4 Å². The van der Waals surface area contributed by atoms with Crippen molar-refractivity contribution >= 4 is 46.9 Å². The van der Waals surface area contributed by atoms with Gasteiger partial charge in [0.2, 0.25) is 5.91 Å². The van der Waals surface area contributed by atoms with Gasteiger partial charge in [0.15, 0.2) is 0 Å². The summed E-state index contributed by atoms with van der Waals surface area (Å²) in [5, 5.41) is 4.22. The molecule has 0 bridgehead atoms. The van der Waals surface area contributed by atoms with Crippen molar-refractivity contribution < 1.29 is 33.4 Å².